The molecule has 0 N–H and O–H groups in total. The third-order valence-electron chi connectivity index (χ3n) is 9.88. The molecule has 2 nitrogen and oxygen atoms in total. The van der Waals surface area contributed by atoms with Gasteiger partial charge in [0.15, 0.2) is 0 Å². The maximum atomic E-state index is 2.83. The highest BCUT2D eigenvalue weighted by Crippen LogP contribution is 2.54. The number of rotatable bonds is 8. The summed E-state index contributed by atoms with van der Waals surface area (Å²) in [5, 5.41) is 0. The maximum Gasteiger partial charge on any atom is 0.00675 e. The largest absolute Gasteiger partial charge is 0.301 e. The Balaban J connectivity index is 1.12. The quantitative estimate of drug-likeness (QED) is 0.374. The fourth-order valence-electron chi connectivity index (χ4n) is 7.77. The number of hydrogen-bond donors (Lipinski definition) is 0. The van der Waals surface area contributed by atoms with Crippen molar-refractivity contribution in [1.29, 1.82) is 0 Å². The highest BCUT2D eigenvalue weighted by molar-refractivity contribution is 5.20. The highest BCUT2D eigenvalue weighted by Gasteiger charge is 2.45. The molecule has 2 unspecified atom stereocenters. The second-order valence-electron chi connectivity index (χ2n) is 12.8. The SMILES string of the molecule is CCCC1CC2(CCN(C(C)CCC(C)N3CCC4(CC3)CC(=CC(C)C)C4)CC2)C1. The first-order valence-electron chi connectivity index (χ1n) is 14.0. The van der Waals surface area contributed by atoms with Crippen molar-refractivity contribution in [3.63, 3.8) is 0 Å². The molecule has 2 aliphatic carbocycles. The van der Waals surface area contributed by atoms with Crippen molar-refractivity contribution in [1.82, 2.24) is 9.80 Å². The molecule has 0 amide bonds. The van der Waals surface area contributed by atoms with E-state index in [1.165, 1.54) is 90.4 Å². The summed E-state index contributed by atoms with van der Waals surface area (Å²) in [4.78, 5) is 5.64. The van der Waals surface area contributed by atoms with Crippen LogP contribution >= 0.6 is 0 Å². The van der Waals surface area contributed by atoms with E-state index in [2.05, 4.69) is 50.5 Å². The predicted molar refractivity (Wildman–Crippen MR) is 134 cm³/mol. The number of hydrogen-bond acceptors (Lipinski definition) is 2. The molecular weight excluding hydrogens is 376 g/mol. The highest BCUT2D eigenvalue weighted by atomic mass is 15.2. The van der Waals surface area contributed by atoms with E-state index in [0.717, 1.165) is 29.3 Å². The summed E-state index contributed by atoms with van der Waals surface area (Å²) in [6.07, 6.45) is 19.9. The average Bonchev–Trinajstić information content (AvgIpc) is 2.70. The molecule has 0 aromatic rings. The van der Waals surface area contributed by atoms with Gasteiger partial charge in [0.1, 0.15) is 0 Å². The van der Waals surface area contributed by atoms with Gasteiger partial charge in [-0.2, -0.15) is 0 Å². The van der Waals surface area contributed by atoms with Crippen LogP contribution in [0.4, 0.5) is 0 Å². The lowest BCUT2D eigenvalue weighted by atomic mass is 9.56. The molecule has 31 heavy (non-hydrogen) atoms. The average molecular weight is 429 g/mol. The molecule has 178 valence electrons. The van der Waals surface area contributed by atoms with Gasteiger partial charge in [-0.1, -0.05) is 45.3 Å². The van der Waals surface area contributed by atoms with E-state index in [-0.39, 0.29) is 0 Å². The molecule has 4 rings (SSSR count). The van der Waals surface area contributed by atoms with Crippen LogP contribution in [0, 0.1) is 22.7 Å². The minimum absolute atomic E-state index is 0.686. The number of nitrogens with zero attached hydrogens (tertiary/aromatic N) is 2. The molecule has 2 atom stereocenters. The van der Waals surface area contributed by atoms with Crippen LogP contribution in [0.1, 0.15) is 112 Å². The van der Waals surface area contributed by atoms with Gasteiger partial charge in [-0.15, -0.1) is 0 Å². The molecule has 2 spiro atoms. The topological polar surface area (TPSA) is 6.48 Å². The Kier molecular flexibility index (Phi) is 7.59. The Hall–Kier alpha value is -0.340. The van der Waals surface area contributed by atoms with Crippen molar-refractivity contribution >= 4 is 0 Å². The monoisotopic (exact) mass is 428 g/mol. The summed E-state index contributed by atoms with van der Waals surface area (Å²) in [6, 6.07) is 1.54. The minimum atomic E-state index is 0.686. The van der Waals surface area contributed by atoms with Gasteiger partial charge in [-0.05, 0) is 127 Å². The van der Waals surface area contributed by atoms with Crippen LogP contribution in [0.25, 0.3) is 0 Å². The summed E-state index contributed by atoms with van der Waals surface area (Å²) in [6.45, 7) is 17.4. The zero-order chi connectivity index (χ0) is 22.1. The van der Waals surface area contributed by atoms with E-state index >= 15 is 0 Å². The fourth-order valence-corrected chi connectivity index (χ4v) is 7.77. The first-order chi connectivity index (χ1) is 14.8. The van der Waals surface area contributed by atoms with Gasteiger partial charge in [0.05, 0.1) is 0 Å². The van der Waals surface area contributed by atoms with Gasteiger partial charge in [0.25, 0.3) is 0 Å². The second-order valence-corrected chi connectivity index (χ2v) is 12.8. The summed E-state index contributed by atoms with van der Waals surface area (Å²) >= 11 is 0. The number of piperidine rings is 2. The molecule has 2 saturated carbocycles. The van der Waals surface area contributed by atoms with Crippen LogP contribution in [0.5, 0.6) is 0 Å². The van der Waals surface area contributed by atoms with Gasteiger partial charge in [-0.3, -0.25) is 0 Å². The van der Waals surface area contributed by atoms with Crippen LogP contribution in [0.2, 0.25) is 0 Å². The summed E-state index contributed by atoms with van der Waals surface area (Å²) in [5.41, 5.74) is 3.20. The summed E-state index contributed by atoms with van der Waals surface area (Å²) in [7, 11) is 0. The van der Waals surface area contributed by atoms with Crippen molar-refractivity contribution in [2.75, 3.05) is 26.2 Å². The molecule has 4 aliphatic rings. The first kappa shape index (κ1) is 23.8. The molecular formula is C29H52N2. The Morgan fingerprint density at radius 3 is 1.74 bits per heavy atom. The molecule has 0 bridgehead atoms. The van der Waals surface area contributed by atoms with Crippen molar-refractivity contribution in [3.8, 4) is 0 Å². The van der Waals surface area contributed by atoms with Gasteiger partial charge in [0.2, 0.25) is 0 Å². The molecule has 4 fully saturated rings. The lowest BCUT2D eigenvalue weighted by Gasteiger charge is -2.53. The zero-order valence-electron chi connectivity index (χ0n) is 21.6. The van der Waals surface area contributed by atoms with Crippen molar-refractivity contribution in [3.05, 3.63) is 11.6 Å². The number of allylic oxidation sites excluding steroid dienone is 2. The van der Waals surface area contributed by atoms with E-state index < -0.39 is 0 Å². The third-order valence-corrected chi connectivity index (χ3v) is 9.88. The number of likely N-dealkylation sites (tertiary alicyclic amines) is 2. The lowest BCUT2D eigenvalue weighted by molar-refractivity contribution is -0.0270. The van der Waals surface area contributed by atoms with E-state index in [4.69, 9.17) is 0 Å². The van der Waals surface area contributed by atoms with Gasteiger partial charge in [0, 0.05) is 12.1 Å². The van der Waals surface area contributed by atoms with Crippen LogP contribution < -0.4 is 0 Å². The van der Waals surface area contributed by atoms with Crippen LogP contribution in [-0.4, -0.2) is 48.1 Å². The Morgan fingerprint density at radius 1 is 0.806 bits per heavy atom. The smallest absolute Gasteiger partial charge is 0.00675 e. The third kappa shape index (κ3) is 5.60. The Bertz CT molecular complexity index is 586. The van der Waals surface area contributed by atoms with E-state index in [1.54, 1.807) is 18.4 Å². The van der Waals surface area contributed by atoms with Crippen molar-refractivity contribution < 1.29 is 0 Å². The van der Waals surface area contributed by atoms with Crippen LogP contribution in [0.3, 0.4) is 0 Å². The Morgan fingerprint density at radius 2 is 1.29 bits per heavy atom. The summed E-state index contributed by atoms with van der Waals surface area (Å²) < 4.78 is 0. The molecule has 0 aromatic carbocycles. The summed E-state index contributed by atoms with van der Waals surface area (Å²) in [5.74, 6) is 1.79. The predicted octanol–water partition coefficient (Wildman–Crippen LogP) is 7.29. The molecule has 2 aliphatic heterocycles. The van der Waals surface area contributed by atoms with Gasteiger partial charge in [-0.25, -0.2) is 0 Å². The molecule has 0 aromatic heterocycles. The first-order valence-corrected chi connectivity index (χ1v) is 14.0. The van der Waals surface area contributed by atoms with E-state index in [9.17, 15) is 0 Å². The maximum absolute atomic E-state index is 2.83. The fraction of sp³-hybridized carbons (Fsp3) is 0.931. The second kappa shape index (κ2) is 9.88. The molecule has 2 heterocycles. The van der Waals surface area contributed by atoms with E-state index in [0.29, 0.717) is 5.41 Å². The van der Waals surface area contributed by atoms with Crippen LogP contribution in [-0.2, 0) is 0 Å². The molecule has 0 radical (unpaired) electrons. The van der Waals surface area contributed by atoms with Crippen LogP contribution in [0.15, 0.2) is 11.6 Å². The normalized spacial score (nSPS) is 28.5. The minimum Gasteiger partial charge on any atom is -0.301 e. The molecule has 2 heteroatoms. The molecule has 2 saturated heterocycles. The van der Waals surface area contributed by atoms with Crippen molar-refractivity contribution in [2.24, 2.45) is 22.7 Å². The van der Waals surface area contributed by atoms with Gasteiger partial charge >= 0.3 is 0 Å². The van der Waals surface area contributed by atoms with Crippen molar-refractivity contribution in [2.45, 2.75) is 124 Å². The van der Waals surface area contributed by atoms with E-state index in [1.807, 2.05) is 0 Å². The Labute approximate surface area is 194 Å². The zero-order valence-corrected chi connectivity index (χ0v) is 21.6. The standard InChI is InChI=1S/C29H52N2/c1-6-7-26-19-28(20-26)10-14-30(15-11-28)24(4)8-9-25(5)31-16-12-29(13-17-31)21-27(22-29)18-23(2)3/h18,23-26H,6-17,19-22H2,1-5H3. The lowest BCUT2D eigenvalue weighted by Crippen LogP contribution is -2.50. The van der Waals surface area contributed by atoms with Gasteiger partial charge < -0.3 is 9.80 Å².